The fourth-order valence-corrected chi connectivity index (χ4v) is 3.90. The van der Waals surface area contributed by atoms with Gasteiger partial charge in [0.15, 0.2) is 0 Å². The summed E-state index contributed by atoms with van der Waals surface area (Å²) in [6, 6.07) is 0.0691. The summed E-state index contributed by atoms with van der Waals surface area (Å²) in [6.45, 7) is 6.92. The van der Waals surface area contributed by atoms with Crippen molar-refractivity contribution in [3.8, 4) is 0 Å². The second kappa shape index (κ2) is 5.88. The zero-order valence-electron chi connectivity index (χ0n) is 12.7. The van der Waals surface area contributed by atoms with Gasteiger partial charge in [-0.3, -0.25) is 4.79 Å². The Morgan fingerprint density at radius 2 is 1.95 bits per heavy atom. The molecule has 0 bridgehead atoms. The molecule has 21 heavy (non-hydrogen) atoms. The molecule has 1 aromatic rings. The molecule has 6 nitrogen and oxygen atoms in total. The third kappa shape index (κ3) is 2.89. The molecule has 0 aliphatic carbocycles. The molecule has 2 N–H and O–H groups in total. The highest BCUT2D eigenvalue weighted by Gasteiger charge is 2.35. The summed E-state index contributed by atoms with van der Waals surface area (Å²) in [4.78, 5) is 20.9. The summed E-state index contributed by atoms with van der Waals surface area (Å²) < 4.78 is 4.42. The number of rotatable bonds is 3. The van der Waals surface area contributed by atoms with Crippen LogP contribution >= 0.6 is 11.5 Å². The van der Waals surface area contributed by atoms with Crippen molar-refractivity contribution in [1.82, 2.24) is 14.3 Å². The number of likely N-dealkylation sites (tertiary alicyclic amines) is 1. The number of piperidine rings is 1. The largest absolute Gasteiger partial charge is 0.347 e. The van der Waals surface area contributed by atoms with Gasteiger partial charge in [0.05, 0.1) is 6.04 Å². The summed E-state index contributed by atoms with van der Waals surface area (Å²) in [5.41, 5.74) is 5.81. The predicted molar refractivity (Wildman–Crippen MR) is 83.5 cm³/mol. The topological polar surface area (TPSA) is 75.3 Å². The Hall–Kier alpha value is -1.21. The minimum absolute atomic E-state index is 0.131. The van der Waals surface area contributed by atoms with Gasteiger partial charge >= 0.3 is 0 Å². The third-order valence-electron chi connectivity index (χ3n) is 4.40. The van der Waals surface area contributed by atoms with E-state index >= 15 is 0 Å². The van der Waals surface area contributed by atoms with E-state index in [1.165, 1.54) is 11.5 Å². The quantitative estimate of drug-likeness (QED) is 0.908. The second-order valence-corrected chi connectivity index (χ2v) is 6.97. The highest BCUT2D eigenvalue weighted by molar-refractivity contribution is 7.09. The minimum atomic E-state index is -0.278. The Morgan fingerprint density at radius 3 is 2.48 bits per heavy atom. The van der Waals surface area contributed by atoms with E-state index in [0.717, 1.165) is 49.9 Å². The normalized spacial score (nSPS) is 24.4. The first kappa shape index (κ1) is 14.7. The van der Waals surface area contributed by atoms with Gasteiger partial charge in [0.25, 0.3) is 0 Å². The molecule has 1 unspecified atom stereocenters. The Kier molecular flexibility index (Phi) is 4.12. The van der Waals surface area contributed by atoms with Crippen LogP contribution in [0, 0.1) is 0 Å². The van der Waals surface area contributed by atoms with Crippen molar-refractivity contribution in [3.63, 3.8) is 0 Å². The van der Waals surface area contributed by atoms with Crippen LogP contribution in [0.15, 0.2) is 0 Å². The maximum atomic E-state index is 12.0. The zero-order chi connectivity index (χ0) is 15.0. The van der Waals surface area contributed by atoms with Crippen LogP contribution in [0.25, 0.3) is 0 Å². The number of amides is 1. The summed E-state index contributed by atoms with van der Waals surface area (Å²) in [6.07, 6.45) is 2.79. The van der Waals surface area contributed by atoms with Crippen molar-refractivity contribution >= 4 is 22.6 Å². The van der Waals surface area contributed by atoms with Crippen LogP contribution in [-0.4, -0.2) is 51.9 Å². The standard InChI is InChI=1S/C14H23N5OS/c1-9(2)12-16-14(21-17-12)18-6-3-10(4-7-18)19-8-5-11(15)13(19)20/h9-11H,3-8,15H2,1-2H3. The molecule has 1 amide bonds. The fourth-order valence-electron chi connectivity index (χ4n) is 3.05. The first-order valence-corrected chi connectivity index (χ1v) is 8.48. The minimum Gasteiger partial charge on any atom is -0.347 e. The summed E-state index contributed by atoms with van der Waals surface area (Å²) in [7, 11) is 0. The van der Waals surface area contributed by atoms with Gasteiger partial charge in [-0.2, -0.15) is 4.37 Å². The van der Waals surface area contributed by atoms with Gasteiger partial charge in [0, 0.05) is 43.1 Å². The maximum absolute atomic E-state index is 12.0. The molecule has 116 valence electrons. The van der Waals surface area contributed by atoms with Gasteiger partial charge in [-0.1, -0.05) is 13.8 Å². The molecule has 2 aliphatic rings. The van der Waals surface area contributed by atoms with Crippen LogP contribution in [0.5, 0.6) is 0 Å². The molecular formula is C14H23N5OS. The molecule has 0 saturated carbocycles. The van der Waals surface area contributed by atoms with Crippen LogP contribution in [-0.2, 0) is 4.79 Å². The molecule has 3 rings (SSSR count). The zero-order valence-corrected chi connectivity index (χ0v) is 13.5. The van der Waals surface area contributed by atoms with Crippen molar-refractivity contribution < 1.29 is 4.79 Å². The molecule has 1 aromatic heterocycles. The first-order chi connectivity index (χ1) is 10.1. The Morgan fingerprint density at radius 1 is 1.24 bits per heavy atom. The number of nitrogens with two attached hydrogens (primary N) is 1. The lowest BCUT2D eigenvalue weighted by Gasteiger charge is -2.36. The van der Waals surface area contributed by atoms with Crippen molar-refractivity contribution in [2.45, 2.75) is 51.1 Å². The summed E-state index contributed by atoms with van der Waals surface area (Å²) >= 11 is 1.48. The highest BCUT2D eigenvalue weighted by Crippen LogP contribution is 2.27. The smallest absolute Gasteiger partial charge is 0.239 e. The number of anilines is 1. The van der Waals surface area contributed by atoms with Crippen LogP contribution in [0.1, 0.15) is 44.9 Å². The van der Waals surface area contributed by atoms with E-state index in [4.69, 9.17) is 5.73 Å². The van der Waals surface area contributed by atoms with E-state index in [1.807, 2.05) is 4.90 Å². The van der Waals surface area contributed by atoms with Gasteiger partial charge in [0.1, 0.15) is 5.82 Å². The Bertz CT molecular complexity index is 509. The van der Waals surface area contributed by atoms with Gasteiger partial charge in [-0.15, -0.1) is 0 Å². The average Bonchev–Trinajstić information content (AvgIpc) is 3.08. The van der Waals surface area contributed by atoms with Crippen LogP contribution in [0.4, 0.5) is 5.13 Å². The van der Waals surface area contributed by atoms with Gasteiger partial charge < -0.3 is 15.5 Å². The van der Waals surface area contributed by atoms with Crippen LogP contribution in [0.2, 0.25) is 0 Å². The predicted octanol–water partition coefficient (Wildman–Crippen LogP) is 1.19. The van der Waals surface area contributed by atoms with E-state index in [2.05, 4.69) is 28.1 Å². The van der Waals surface area contributed by atoms with Crippen LogP contribution in [0.3, 0.4) is 0 Å². The van der Waals surface area contributed by atoms with E-state index < -0.39 is 0 Å². The molecule has 1 atom stereocenters. The monoisotopic (exact) mass is 309 g/mol. The van der Waals surface area contributed by atoms with E-state index in [-0.39, 0.29) is 11.9 Å². The molecule has 2 saturated heterocycles. The number of aromatic nitrogens is 2. The van der Waals surface area contributed by atoms with Crippen LogP contribution < -0.4 is 10.6 Å². The van der Waals surface area contributed by atoms with Crippen molar-refractivity contribution in [2.75, 3.05) is 24.5 Å². The lowest BCUT2D eigenvalue weighted by atomic mass is 10.0. The van der Waals surface area contributed by atoms with Gasteiger partial charge in [0.2, 0.25) is 11.0 Å². The van der Waals surface area contributed by atoms with Crippen molar-refractivity contribution in [2.24, 2.45) is 5.73 Å². The molecule has 2 aliphatic heterocycles. The number of hydrogen-bond acceptors (Lipinski definition) is 6. The maximum Gasteiger partial charge on any atom is 0.239 e. The molecule has 7 heteroatoms. The third-order valence-corrected chi connectivity index (χ3v) is 5.20. The lowest BCUT2D eigenvalue weighted by molar-refractivity contribution is -0.131. The number of carbonyl (C=O) groups excluding carboxylic acids is 1. The first-order valence-electron chi connectivity index (χ1n) is 7.71. The van der Waals surface area contributed by atoms with Gasteiger partial charge in [-0.05, 0) is 19.3 Å². The molecule has 0 aromatic carbocycles. The van der Waals surface area contributed by atoms with E-state index in [0.29, 0.717) is 12.0 Å². The Balaban J connectivity index is 1.58. The molecular weight excluding hydrogens is 286 g/mol. The SMILES string of the molecule is CC(C)c1nsc(N2CCC(N3CCC(N)C3=O)CC2)n1. The van der Waals surface area contributed by atoms with E-state index in [9.17, 15) is 4.79 Å². The van der Waals surface area contributed by atoms with Crippen molar-refractivity contribution in [1.29, 1.82) is 0 Å². The highest BCUT2D eigenvalue weighted by atomic mass is 32.1. The molecule has 0 radical (unpaired) electrons. The second-order valence-electron chi connectivity index (χ2n) is 6.23. The Labute approximate surface area is 129 Å². The lowest BCUT2D eigenvalue weighted by Crippen LogP contribution is -2.47. The summed E-state index contributed by atoms with van der Waals surface area (Å²) in [5.74, 6) is 1.43. The molecule has 3 heterocycles. The summed E-state index contributed by atoms with van der Waals surface area (Å²) in [5, 5.41) is 1.02. The van der Waals surface area contributed by atoms with Gasteiger partial charge in [-0.25, -0.2) is 4.98 Å². The average molecular weight is 309 g/mol. The number of hydrogen-bond donors (Lipinski definition) is 1. The van der Waals surface area contributed by atoms with Crippen molar-refractivity contribution in [3.05, 3.63) is 5.82 Å². The fraction of sp³-hybridized carbons (Fsp3) is 0.786. The molecule has 0 spiro atoms. The number of carbonyl (C=O) groups is 1. The van der Waals surface area contributed by atoms with E-state index in [1.54, 1.807) is 0 Å². The molecule has 2 fully saturated rings. The number of nitrogens with zero attached hydrogens (tertiary/aromatic N) is 4.